The number of thioether (sulfide) groups is 1. The number of hydrogen-bond donors (Lipinski definition) is 2. The van der Waals surface area contributed by atoms with E-state index in [1.807, 2.05) is 54.8 Å². The fraction of sp³-hybridized carbons (Fsp3) is 0.300. The van der Waals surface area contributed by atoms with Gasteiger partial charge in [-0.15, -0.1) is 10.2 Å². The number of amides is 3. The molecule has 2 heterocycles. The number of rotatable bonds is 8. The maximum Gasteiger partial charge on any atom is 0.321 e. The van der Waals surface area contributed by atoms with Crippen molar-refractivity contribution in [3.8, 4) is 11.6 Å². The van der Waals surface area contributed by atoms with Gasteiger partial charge in [0, 0.05) is 6.54 Å². The maximum absolute atomic E-state index is 12.1. The van der Waals surface area contributed by atoms with Crippen LogP contribution in [0.4, 0.5) is 4.79 Å². The van der Waals surface area contributed by atoms with E-state index < -0.39 is 11.9 Å². The fourth-order valence-electron chi connectivity index (χ4n) is 2.53. The molecule has 0 radical (unpaired) electrons. The highest BCUT2D eigenvalue weighted by atomic mass is 32.2. The first kappa shape index (κ1) is 20.7. The summed E-state index contributed by atoms with van der Waals surface area (Å²) in [5, 5.41) is 14.0. The van der Waals surface area contributed by atoms with Crippen LogP contribution in [0.3, 0.4) is 0 Å². The Hall–Kier alpha value is -3.07. The van der Waals surface area contributed by atoms with Crippen molar-refractivity contribution < 1.29 is 14.0 Å². The lowest BCUT2D eigenvalue weighted by Crippen LogP contribution is -2.41. The number of urea groups is 1. The molecule has 2 N–H and O–H groups in total. The molecule has 0 atom stereocenters. The van der Waals surface area contributed by atoms with Gasteiger partial charge in [0.2, 0.25) is 11.7 Å². The Kier molecular flexibility index (Phi) is 7.07. The van der Waals surface area contributed by atoms with Crippen molar-refractivity contribution in [2.24, 2.45) is 5.92 Å². The number of furan rings is 1. The Morgan fingerprint density at radius 3 is 2.62 bits per heavy atom. The molecule has 0 spiro atoms. The number of carbonyl (C=O) groups is 2. The summed E-state index contributed by atoms with van der Waals surface area (Å²) in [6.45, 7) is 5.00. The minimum atomic E-state index is -0.494. The van der Waals surface area contributed by atoms with E-state index in [4.69, 9.17) is 4.42 Å². The van der Waals surface area contributed by atoms with E-state index in [0.717, 1.165) is 5.56 Å². The molecule has 9 heteroatoms. The van der Waals surface area contributed by atoms with Gasteiger partial charge in [-0.25, -0.2) is 4.79 Å². The molecule has 0 bridgehead atoms. The zero-order valence-corrected chi connectivity index (χ0v) is 17.1. The highest BCUT2D eigenvalue weighted by Crippen LogP contribution is 2.25. The third-order valence-electron chi connectivity index (χ3n) is 3.90. The summed E-state index contributed by atoms with van der Waals surface area (Å²) in [4.78, 5) is 23.8. The Morgan fingerprint density at radius 2 is 1.93 bits per heavy atom. The number of nitrogens with zero attached hydrogens (tertiary/aromatic N) is 3. The van der Waals surface area contributed by atoms with Crippen LogP contribution in [0.25, 0.3) is 11.6 Å². The predicted octanol–water partition coefficient (Wildman–Crippen LogP) is 3.16. The van der Waals surface area contributed by atoms with Gasteiger partial charge in [-0.2, -0.15) is 0 Å². The van der Waals surface area contributed by atoms with Crippen LogP contribution in [0, 0.1) is 5.92 Å². The van der Waals surface area contributed by atoms with Gasteiger partial charge in [-0.3, -0.25) is 14.7 Å². The Bertz CT molecular complexity index is 938. The summed E-state index contributed by atoms with van der Waals surface area (Å²) in [5.41, 5.74) is 1.07. The van der Waals surface area contributed by atoms with Gasteiger partial charge >= 0.3 is 6.03 Å². The van der Waals surface area contributed by atoms with Crippen molar-refractivity contribution >= 4 is 23.7 Å². The van der Waals surface area contributed by atoms with Crippen LogP contribution in [0.5, 0.6) is 0 Å². The molecular weight excluding hydrogens is 390 g/mol. The van der Waals surface area contributed by atoms with E-state index in [2.05, 4.69) is 20.8 Å². The third kappa shape index (κ3) is 5.95. The quantitative estimate of drug-likeness (QED) is 0.550. The van der Waals surface area contributed by atoms with Gasteiger partial charge in [0.1, 0.15) is 0 Å². The van der Waals surface area contributed by atoms with Crippen LogP contribution in [0.2, 0.25) is 0 Å². The van der Waals surface area contributed by atoms with Crippen LogP contribution < -0.4 is 10.6 Å². The Balaban J connectivity index is 1.69. The van der Waals surface area contributed by atoms with E-state index in [0.29, 0.717) is 35.7 Å². The molecule has 0 saturated heterocycles. The van der Waals surface area contributed by atoms with Gasteiger partial charge in [0.15, 0.2) is 10.9 Å². The van der Waals surface area contributed by atoms with E-state index >= 15 is 0 Å². The van der Waals surface area contributed by atoms with Gasteiger partial charge in [0.05, 0.1) is 18.6 Å². The van der Waals surface area contributed by atoms with Crippen molar-refractivity contribution in [2.75, 3.05) is 12.3 Å². The second-order valence-electron chi connectivity index (χ2n) is 6.80. The van der Waals surface area contributed by atoms with Crippen LogP contribution in [0.15, 0.2) is 58.3 Å². The average molecular weight is 414 g/mol. The minimum absolute atomic E-state index is 0.0418. The number of aromatic nitrogens is 3. The maximum atomic E-state index is 12.1. The summed E-state index contributed by atoms with van der Waals surface area (Å²) in [6, 6.07) is 13.0. The van der Waals surface area contributed by atoms with Crippen LogP contribution >= 0.6 is 11.8 Å². The largest absolute Gasteiger partial charge is 0.461 e. The molecule has 0 fully saturated rings. The standard InChI is InChI=1S/C20H23N5O3S/c1-14(2)11-21-19(27)22-17(26)13-29-20-24-23-18(16-9-6-10-28-16)25(20)12-15-7-4-3-5-8-15/h3-10,14H,11-13H2,1-2H3,(H2,21,22,26,27). The molecule has 0 saturated carbocycles. The van der Waals surface area contributed by atoms with Crippen molar-refractivity contribution in [1.82, 2.24) is 25.4 Å². The Morgan fingerprint density at radius 1 is 1.14 bits per heavy atom. The molecule has 0 unspecified atom stereocenters. The van der Waals surface area contributed by atoms with Crippen LogP contribution in [-0.2, 0) is 11.3 Å². The smallest absolute Gasteiger partial charge is 0.321 e. The van der Waals surface area contributed by atoms with Gasteiger partial charge in [-0.1, -0.05) is 55.9 Å². The lowest BCUT2D eigenvalue weighted by Gasteiger charge is -2.10. The van der Waals surface area contributed by atoms with Crippen molar-refractivity contribution in [1.29, 1.82) is 0 Å². The van der Waals surface area contributed by atoms with E-state index in [9.17, 15) is 9.59 Å². The Labute approximate surface area is 173 Å². The molecule has 0 aliphatic carbocycles. The molecule has 3 amide bonds. The van der Waals surface area contributed by atoms with E-state index in [1.54, 1.807) is 12.3 Å². The number of hydrogen-bond acceptors (Lipinski definition) is 6. The van der Waals surface area contributed by atoms with Crippen LogP contribution in [-0.4, -0.2) is 39.0 Å². The van der Waals surface area contributed by atoms with E-state index in [1.165, 1.54) is 11.8 Å². The van der Waals surface area contributed by atoms with Gasteiger partial charge in [0.25, 0.3) is 0 Å². The summed E-state index contributed by atoms with van der Waals surface area (Å²) in [6.07, 6.45) is 1.58. The molecule has 0 aliphatic rings. The first-order chi connectivity index (χ1) is 14.0. The zero-order valence-electron chi connectivity index (χ0n) is 16.3. The minimum Gasteiger partial charge on any atom is -0.461 e. The molecule has 2 aromatic heterocycles. The molecular formula is C20H23N5O3S. The molecule has 29 heavy (non-hydrogen) atoms. The second-order valence-corrected chi connectivity index (χ2v) is 7.74. The molecule has 3 aromatic rings. The summed E-state index contributed by atoms with van der Waals surface area (Å²) < 4.78 is 7.36. The number of nitrogens with one attached hydrogen (secondary N) is 2. The summed E-state index contributed by atoms with van der Waals surface area (Å²) >= 11 is 1.21. The lowest BCUT2D eigenvalue weighted by atomic mass is 10.2. The SMILES string of the molecule is CC(C)CNC(=O)NC(=O)CSc1nnc(-c2ccco2)n1Cc1ccccc1. The number of imide groups is 1. The molecule has 152 valence electrons. The fourth-order valence-corrected chi connectivity index (χ4v) is 3.26. The molecule has 0 aliphatic heterocycles. The first-order valence-electron chi connectivity index (χ1n) is 9.24. The first-order valence-corrected chi connectivity index (χ1v) is 10.2. The highest BCUT2D eigenvalue weighted by Gasteiger charge is 2.18. The molecule has 3 rings (SSSR count). The third-order valence-corrected chi connectivity index (χ3v) is 4.86. The zero-order chi connectivity index (χ0) is 20.6. The van der Waals surface area contributed by atoms with Crippen LogP contribution in [0.1, 0.15) is 19.4 Å². The molecule has 8 nitrogen and oxygen atoms in total. The summed E-state index contributed by atoms with van der Waals surface area (Å²) in [7, 11) is 0. The van der Waals surface area contributed by atoms with Crippen molar-refractivity contribution in [3.63, 3.8) is 0 Å². The average Bonchev–Trinajstić information content (AvgIpc) is 3.35. The van der Waals surface area contributed by atoms with Gasteiger partial charge in [-0.05, 0) is 23.6 Å². The highest BCUT2D eigenvalue weighted by molar-refractivity contribution is 7.99. The van der Waals surface area contributed by atoms with Crippen molar-refractivity contribution in [2.45, 2.75) is 25.5 Å². The monoisotopic (exact) mass is 413 g/mol. The van der Waals surface area contributed by atoms with E-state index in [-0.39, 0.29) is 5.75 Å². The normalized spacial score (nSPS) is 10.9. The lowest BCUT2D eigenvalue weighted by molar-refractivity contribution is -0.117. The van der Waals surface area contributed by atoms with Gasteiger partial charge < -0.3 is 9.73 Å². The predicted molar refractivity (Wildman–Crippen MR) is 110 cm³/mol. The van der Waals surface area contributed by atoms with Crippen molar-refractivity contribution in [3.05, 3.63) is 54.3 Å². The summed E-state index contributed by atoms with van der Waals surface area (Å²) in [5.74, 6) is 1.13. The molecule has 1 aromatic carbocycles. The number of benzene rings is 1. The topological polar surface area (TPSA) is 102 Å². The second kappa shape index (κ2) is 9.92. The number of carbonyl (C=O) groups excluding carboxylic acids is 2.